The Hall–Kier alpha value is -1.30. The molecule has 1 fully saturated rings. The van der Waals surface area contributed by atoms with E-state index < -0.39 is 5.92 Å². The number of oxime groups is 1. The van der Waals surface area contributed by atoms with Gasteiger partial charge in [0, 0.05) is 20.2 Å². The molecule has 0 aromatic rings. The molecule has 2 unspecified atom stereocenters. The first-order valence-electron chi connectivity index (χ1n) is 6.44. The maximum atomic E-state index is 12.1. The number of likely N-dealkylation sites (N-methyl/N-ethyl adjacent to an activating group) is 1. The second kappa shape index (κ2) is 7.20. The summed E-state index contributed by atoms with van der Waals surface area (Å²) in [4.78, 5) is 13.8. The molecule has 1 amide bonds. The molecule has 3 N–H and O–H groups in total. The third kappa shape index (κ3) is 3.87. The number of amidine groups is 1. The molecule has 1 heterocycles. The van der Waals surface area contributed by atoms with Crippen molar-refractivity contribution in [2.75, 3.05) is 20.2 Å². The molecule has 0 radical (unpaired) electrons. The van der Waals surface area contributed by atoms with Crippen LogP contribution in [-0.4, -0.2) is 48.2 Å². The van der Waals surface area contributed by atoms with E-state index in [1.807, 2.05) is 6.92 Å². The zero-order valence-electron chi connectivity index (χ0n) is 11.1. The minimum Gasteiger partial charge on any atom is -0.409 e. The van der Waals surface area contributed by atoms with Gasteiger partial charge in [0.05, 0.1) is 12.0 Å². The first-order chi connectivity index (χ1) is 8.60. The predicted octanol–water partition coefficient (Wildman–Crippen LogP) is 0.787. The van der Waals surface area contributed by atoms with E-state index in [4.69, 9.17) is 15.7 Å². The van der Waals surface area contributed by atoms with Crippen LogP contribution in [0.1, 0.15) is 32.6 Å². The summed E-state index contributed by atoms with van der Waals surface area (Å²) in [5, 5.41) is 11.6. The molecule has 0 bridgehead atoms. The summed E-state index contributed by atoms with van der Waals surface area (Å²) < 4.78 is 5.59. The van der Waals surface area contributed by atoms with Crippen LogP contribution in [0.25, 0.3) is 0 Å². The Balaban J connectivity index is 2.53. The van der Waals surface area contributed by atoms with Gasteiger partial charge in [0.25, 0.3) is 0 Å². The van der Waals surface area contributed by atoms with Crippen molar-refractivity contribution in [3.05, 3.63) is 0 Å². The van der Waals surface area contributed by atoms with Gasteiger partial charge in [0.2, 0.25) is 5.91 Å². The summed E-state index contributed by atoms with van der Waals surface area (Å²) in [6.45, 7) is 3.17. The van der Waals surface area contributed by atoms with E-state index in [9.17, 15) is 4.79 Å². The predicted molar refractivity (Wildman–Crippen MR) is 68.4 cm³/mol. The molecule has 2 atom stereocenters. The molecule has 1 saturated heterocycles. The standard InChI is InChI=1S/C12H23N3O3/c1-3-10(11(13)14-17)12(16)15(2)8-9-6-4-5-7-18-9/h9-10,17H,3-8H2,1-2H3,(H2,13,14). The van der Waals surface area contributed by atoms with E-state index in [2.05, 4.69) is 5.16 Å². The molecular formula is C12H23N3O3. The number of nitrogens with two attached hydrogens (primary N) is 1. The fourth-order valence-corrected chi connectivity index (χ4v) is 2.19. The van der Waals surface area contributed by atoms with Gasteiger partial charge < -0.3 is 20.6 Å². The summed E-state index contributed by atoms with van der Waals surface area (Å²) in [7, 11) is 1.73. The Kier molecular flexibility index (Phi) is 5.91. The first-order valence-corrected chi connectivity index (χ1v) is 6.44. The fraction of sp³-hybridized carbons (Fsp3) is 0.833. The van der Waals surface area contributed by atoms with E-state index >= 15 is 0 Å². The second-order valence-electron chi connectivity index (χ2n) is 4.69. The lowest BCUT2D eigenvalue weighted by atomic mass is 10.0. The Labute approximate surface area is 108 Å². The lowest BCUT2D eigenvalue weighted by Crippen LogP contribution is -2.43. The van der Waals surface area contributed by atoms with Crippen LogP contribution in [-0.2, 0) is 9.53 Å². The molecule has 0 saturated carbocycles. The third-order valence-electron chi connectivity index (χ3n) is 3.31. The van der Waals surface area contributed by atoms with E-state index in [0.29, 0.717) is 13.0 Å². The first kappa shape index (κ1) is 14.8. The zero-order valence-corrected chi connectivity index (χ0v) is 11.1. The van der Waals surface area contributed by atoms with Crippen LogP contribution in [0.15, 0.2) is 5.16 Å². The van der Waals surface area contributed by atoms with Crippen molar-refractivity contribution in [2.45, 2.75) is 38.7 Å². The minimum absolute atomic E-state index is 0.0288. The Morgan fingerprint density at radius 2 is 2.33 bits per heavy atom. The van der Waals surface area contributed by atoms with Gasteiger partial charge in [0.1, 0.15) is 0 Å². The van der Waals surface area contributed by atoms with E-state index in [-0.39, 0.29) is 17.8 Å². The average Bonchev–Trinajstić information content (AvgIpc) is 2.40. The van der Waals surface area contributed by atoms with Crippen LogP contribution >= 0.6 is 0 Å². The summed E-state index contributed by atoms with van der Waals surface area (Å²) in [6.07, 6.45) is 3.85. The molecule has 6 nitrogen and oxygen atoms in total. The van der Waals surface area contributed by atoms with Crippen molar-refractivity contribution in [2.24, 2.45) is 16.8 Å². The number of rotatable bonds is 5. The summed E-state index contributed by atoms with van der Waals surface area (Å²) in [5.74, 6) is -0.704. The van der Waals surface area contributed by atoms with Gasteiger partial charge in [-0.3, -0.25) is 4.79 Å². The lowest BCUT2D eigenvalue weighted by molar-refractivity contribution is -0.134. The quantitative estimate of drug-likeness (QED) is 0.330. The van der Waals surface area contributed by atoms with Gasteiger partial charge in [-0.2, -0.15) is 0 Å². The maximum absolute atomic E-state index is 12.1. The highest BCUT2D eigenvalue weighted by atomic mass is 16.5. The summed E-state index contributed by atoms with van der Waals surface area (Å²) in [6, 6.07) is 0. The molecule has 1 aliphatic heterocycles. The number of carbonyl (C=O) groups excluding carboxylic acids is 1. The normalized spacial score (nSPS) is 22.6. The van der Waals surface area contributed by atoms with Crippen LogP contribution in [0.4, 0.5) is 0 Å². The largest absolute Gasteiger partial charge is 0.409 e. The summed E-state index contributed by atoms with van der Waals surface area (Å²) >= 11 is 0. The lowest BCUT2D eigenvalue weighted by Gasteiger charge is -2.29. The fourth-order valence-electron chi connectivity index (χ4n) is 2.19. The Morgan fingerprint density at radius 3 is 2.83 bits per heavy atom. The van der Waals surface area contributed by atoms with E-state index in [0.717, 1.165) is 25.9 Å². The Bertz CT molecular complexity index is 301. The van der Waals surface area contributed by atoms with Crippen molar-refractivity contribution >= 4 is 11.7 Å². The molecular weight excluding hydrogens is 234 g/mol. The van der Waals surface area contributed by atoms with Crippen molar-refractivity contribution in [3.63, 3.8) is 0 Å². The highest BCUT2D eigenvalue weighted by Gasteiger charge is 2.26. The number of amides is 1. The molecule has 1 rings (SSSR count). The molecule has 1 aliphatic rings. The van der Waals surface area contributed by atoms with Gasteiger partial charge in [-0.05, 0) is 25.7 Å². The highest BCUT2D eigenvalue weighted by molar-refractivity contribution is 6.01. The number of nitrogens with zero attached hydrogens (tertiary/aromatic N) is 2. The summed E-state index contributed by atoms with van der Waals surface area (Å²) in [5.41, 5.74) is 5.52. The minimum atomic E-state index is -0.552. The van der Waals surface area contributed by atoms with Crippen LogP contribution in [0, 0.1) is 5.92 Å². The second-order valence-corrected chi connectivity index (χ2v) is 4.69. The van der Waals surface area contributed by atoms with E-state index in [1.54, 1.807) is 11.9 Å². The van der Waals surface area contributed by atoms with Crippen molar-refractivity contribution < 1.29 is 14.7 Å². The van der Waals surface area contributed by atoms with Gasteiger partial charge in [0.15, 0.2) is 5.84 Å². The molecule has 104 valence electrons. The van der Waals surface area contributed by atoms with Gasteiger partial charge >= 0.3 is 0 Å². The monoisotopic (exact) mass is 257 g/mol. The molecule has 18 heavy (non-hydrogen) atoms. The van der Waals surface area contributed by atoms with Crippen molar-refractivity contribution in [1.82, 2.24) is 4.90 Å². The van der Waals surface area contributed by atoms with Crippen molar-refractivity contribution in [3.8, 4) is 0 Å². The van der Waals surface area contributed by atoms with Crippen LogP contribution in [0.3, 0.4) is 0 Å². The molecule has 0 aromatic carbocycles. The van der Waals surface area contributed by atoms with Crippen molar-refractivity contribution in [1.29, 1.82) is 0 Å². The number of carbonyl (C=O) groups is 1. The van der Waals surface area contributed by atoms with Crippen LogP contribution < -0.4 is 5.73 Å². The third-order valence-corrected chi connectivity index (χ3v) is 3.31. The smallest absolute Gasteiger partial charge is 0.233 e. The van der Waals surface area contributed by atoms with Crippen LogP contribution in [0.2, 0.25) is 0 Å². The average molecular weight is 257 g/mol. The Morgan fingerprint density at radius 1 is 1.61 bits per heavy atom. The molecule has 0 aliphatic carbocycles. The number of hydrogen-bond donors (Lipinski definition) is 2. The number of ether oxygens (including phenoxy) is 1. The maximum Gasteiger partial charge on any atom is 0.233 e. The van der Waals surface area contributed by atoms with E-state index in [1.165, 1.54) is 0 Å². The highest BCUT2D eigenvalue weighted by Crippen LogP contribution is 2.15. The van der Waals surface area contributed by atoms with Gasteiger partial charge in [-0.25, -0.2) is 0 Å². The zero-order chi connectivity index (χ0) is 13.5. The number of hydrogen-bond acceptors (Lipinski definition) is 4. The van der Waals surface area contributed by atoms with Gasteiger partial charge in [-0.15, -0.1) is 0 Å². The topological polar surface area (TPSA) is 88.2 Å². The molecule has 6 heteroatoms. The molecule has 0 aromatic heterocycles. The van der Waals surface area contributed by atoms with Crippen LogP contribution in [0.5, 0.6) is 0 Å². The molecule has 0 spiro atoms. The van der Waals surface area contributed by atoms with Gasteiger partial charge in [-0.1, -0.05) is 12.1 Å². The SMILES string of the molecule is CCC(C(=O)N(C)CC1CCCCO1)C(N)=NO.